The monoisotopic (exact) mass is 432 g/mol. The Bertz CT molecular complexity index is 390. The average molecular weight is 432 g/mol. The van der Waals surface area contributed by atoms with E-state index in [4.69, 9.17) is 0 Å². The van der Waals surface area contributed by atoms with Crippen LogP contribution < -0.4 is 10.6 Å². The van der Waals surface area contributed by atoms with Crippen LogP contribution in [0.5, 0.6) is 0 Å². The van der Waals surface area contributed by atoms with Crippen molar-refractivity contribution in [2.45, 2.75) is 44.4 Å². The summed E-state index contributed by atoms with van der Waals surface area (Å²) >= 11 is 0. The molecule has 1 heterocycles. The first kappa shape index (κ1) is 19.5. The summed E-state index contributed by atoms with van der Waals surface area (Å²) in [6, 6.07) is 0.370. The number of likely N-dealkylation sites (tertiary alicyclic amines) is 1. The summed E-state index contributed by atoms with van der Waals surface area (Å²) in [5, 5.41) is 6.60. The summed E-state index contributed by atoms with van der Waals surface area (Å²) in [5.41, 5.74) is 0. The Balaban J connectivity index is 0.00000242. The third kappa shape index (κ3) is 6.72. The van der Waals surface area contributed by atoms with Gasteiger partial charge in [-0.15, -0.1) is 24.0 Å². The van der Waals surface area contributed by atoms with Crippen LogP contribution in [0.2, 0.25) is 0 Å². The highest BCUT2D eigenvalue weighted by Gasteiger charge is 2.34. The lowest BCUT2D eigenvalue weighted by molar-refractivity contribution is -0.143. The maximum Gasteiger partial charge on any atom is 0.401 e. The molecule has 2 rings (SSSR count). The number of alkyl halides is 3. The summed E-state index contributed by atoms with van der Waals surface area (Å²) in [6.45, 7) is 2.65. The Morgan fingerprint density at radius 2 is 1.86 bits per heavy atom. The predicted octanol–water partition coefficient (Wildman–Crippen LogP) is 2.51. The second-order valence-corrected chi connectivity index (χ2v) is 5.59. The maximum atomic E-state index is 12.4. The van der Waals surface area contributed by atoms with Crippen LogP contribution in [0, 0.1) is 0 Å². The van der Waals surface area contributed by atoms with Crippen LogP contribution in [0.15, 0.2) is 17.1 Å². The third-order valence-electron chi connectivity index (χ3n) is 3.68. The molecule has 0 aromatic rings. The lowest BCUT2D eigenvalue weighted by Crippen LogP contribution is -2.48. The number of aliphatic imine (C=N–C) groups is 1. The molecule has 4 nitrogen and oxygen atoms in total. The Kier molecular flexibility index (Phi) is 7.95. The highest BCUT2D eigenvalue weighted by atomic mass is 127. The fourth-order valence-corrected chi connectivity index (χ4v) is 2.76. The molecule has 1 aliphatic heterocycles. The predicted molar refractivity (Wildman–Crippen MR) is 92.7 cm³/mol. The first-order chi connectivity index (χ1) is 9.96. The molecule has 128 valence electrons. The number of rotatable bonds is 4. The Morgan fingerprint density at radius 1 is 1.23 bits per heavy atom. The van der Waals surface area contributed by atoms with Gasteiger partial charge in [0.2, 0.25) is 0 Å². The summed E-state index contributed by atoms with van der Waals surface area (Å²) < 4.78 is 37.1. The highest BCUT2D eigenvalue weighted by Crippen LogP contribution is 2.20. The van der Waals surface area contributed by atoms with Gasteiger partial charge >= 0.3 is 6.18 Å². The minimum absolute atomic E-state index is 0. The first-order valence-electron chi connectivity index (χ1n) is 7.48. The molecular weight excluding hydrogens is 408 g/mol. The van der Waals surface area contributed by atoms with E-state index in [2.05, 4.69) is 27.8 Å². The lowest BCUT2D eigenvalue weighted by Gasteiger charge is -2.22. The van der Waals surface area contributed by atoms with Crippen molar-refractivity contribution in [3.63, 3.8) is 0 Å². The average Bonchev–Trinajstić information content (AvgIpc) is 3.00. The van der Waals surface area contributed by atoms with Gasteiger partial charge in [-0.2, -0.15) is 13.2 Å². The van der Waals surface area contributed by atoms with E-state index in [1.54, 1.807) is 0 Å². The molecule has 2 aliphatic rings. The summed E-state index contributed by atoms with van der Waals surface area (Å²) in [5.74, 6) is 0.713. The Morgan fingerprint density at radius 3 is 2.45 bits per heavy atom. The van der Waals surface area contributed by atoms with Crippen molar-refractivity contribution in [3.8, 4) is 0 Å². The van der Waals surface area contributed by atoms with E-state index in [-0.39, 0.29) is 30.0 Å². The van der Waals surface area contributed by atoms with E-state index in [0.717, 1.165) is 12.8 Å². The van der Waals surface area contributed by atoms with Gasteiger partial charge in [-0.05, 0) is 26.2 Å². The van der Waals surface area contributed by atoms with Crippen LogP contribution in [0.4, 0.5) is 13.2 Å². The molecule has 0 amide bonds. The van der Waals surface area contributed by atoms with E-state index in [1.807, 2.05) is 6.92 Å². The topological polar surface area (TPSA) is 39.7 Å². The zero-order valence-corrected chi connectivity index (χ0v) is 15.0. The molecule has 0 saturated carbocycles. The van der Waals surface area contributed by atoms with Gasteiger partial charge in [0.1, 0.15) is 0 Å². The van der Waals surface area contributed by atoms with Crippen LogP contribution in [0.1, 0.15) is 26.2 Å². The molecule has 0 aromatic carbocycles. The van der Waals surface area contributed by atoms with Gasteiger partial charge in [0.05, 0.1) is 6.54 Å². The minimum Gasteiger partial charge on any atom is -0.353 e. The van der Waals surface area contributed by atoms with Crippen molar-refractivity contribution in [1.82, 2.24) is 15.5 Å². The van der Waals surface area contributed by atoms with Gasteiger partial charge in [0, 0.05) is 31.7 Å². The summed E-state index contributed by atoms with van der Waals surface area (Å²) in [7, 11) is 0. The van der Waals surface area contributed by atoms with Gasteiger partial charge in [0.25, 0.3) is 0 Å². The highest BCUT2D eigenvalue weighted by molar-refractivity contribution is 14.0. The minimum atomic E-state index is -4.12. The molecule has 0 spiro atoms. The quantitative estimate of drug-likeness (QED) is 0.311. The SMILES string of the molecule is CCN=C(NC1CC=CC1)NC1CCN(CC(F)(F)F)C1.I. The van der Waals surface area contributed by atoms with Gasteiger partial charge in [-0.3, -0.25) is 9.89 Å². The van der Waals surface area contributed by atoms with Gasteiger partial charge in [-0.1, -0.05) is 12.2 Å². The Hall–Kier alpha value is -0.510. The fourth-order valence-electron chi connectivity index (χ4n) is 2.76. The molecule has 22 heavy (non-hydrogen) atoms. The van der Waals surface area contributed by atoms with Crippen LogP contribution in [0.3, 0.4) is 0 Å². The number of hydrogen-bond donors (Lipinski definition) is 2. The standard InChI is InChI=1S/C14H23F3N4.HI/c1-2-18-13(19-11-5-3-4-6-11)20-12-7-8-21(9-12)10-14(15,16)17;/h3-4,11-12H,2,5-10H2,1H3,(H2,18,19,20);1H. The number of nitrogens with one attached hydrogen (secondary N) is 2. The van der Waals surface area contributed by atoms with E-state index in [1.165, 1.54) is 4.90 Å². The fraction of sp³-hybridized carbons (Fsp3) is 0.786. The molecule has 1 saturated heterocycles. The van der Waals surface area contributed by atoms with E-state index in [0.29, 0.717) is 38.1 Å². The van der Waals surface area contributed by atoms with E-state index in [9.17, 15) is 13.2 Å². The van der Waals surface area contributed by atoms with Crippen molar-refractivity contribution in [3.05, 3.63) is 12.2 Å². The van der Waals surface area contributed by atoms with Gasteiger partial charge < -0.3 is 10.6 Å². The van der Waals surface area contributed by atoms with Crippen molar-refractivity contribution in [2.75, 3.05) is 26.2 Å². The molecule has 0 aromatic heterocycles. The van der Waals surface area contributed by atoms with Gasteiger partial charge in [-0.25, -0.2) is 0 Å². The van der Waals surface area contributed by atoms with Crippen LogP contribution in [-0.2, 0) is 0 Å². The van der Waals surface area contributed by atoms with Crippen LogP contribution in [0.25, 0.3) is 0 Å². The smallest absolute Gasteiger partial charge is 0.353 e. The number of hydrogen-bond acceptors (Lipinski definition) is 2. The Labute approximate surface area is 146 Å². The van der Waals surface area contributed by atoms with Crippen molar-refractivity contribution >= 4 is 29.9 Å². The molecule has 0 radical (unpaired) electrons. The molecule has 8 heteroatoms. The summed E-state index contributed by atoms with van der Waals surface area (Å²) in [4.78, 5) is 5.82. The van der Waals surface area contributed by atoms with Crippen molar-refractivity contribution < 1.29 is 13.2 Å². The normalized spacial score (nSPS) is 23.6. The number of halogens is 4. The number of nitrogens with zero attached hydrogens (tertiary/aromatic N) is 2. The molecule has 1 fully saturated rings. The first-order valence-corrected chi connectivity index (χ1v) is 7.48. The maximum absolute atomic E-state index is 12.4. The zero-order chi connectivity index (χ0) is 15.3. The molecule has 1 aliphatic carbocycles. The summed E-state index contributed by atoms with van der Waals surface area (Å²) in [6.07, 6.45) is 2.78. The zero-order valence-electron chi connectivity index (χ0n) is 12.7. The lowest BCUT2D eigenvalue weighted by atomic mass is 10.2. The van der Waals surface area contributed by atoms with Crippen LogP contribution >= 0.6 is 24.0 Å². The van der Waals surface area contributed by atoms with Gasteiger partial charge in [0.15, 0.2) is 5.96 Å². The number of guanidine groups is 1. The molecular formula is C14H24F3IN4. The molecule has 1 atom stereocenters. The van der Waals surface area contributed by atoms with Crippen molar-refractivity contribution in [1.29, 1.82) is 0 Å². The second kappa shape index (κ2) is 8.95. The molecule has 1 unspecified atom stereocenters. The van der Waals surface area contributed by atoms with Crippen molar-refractivity contribution in [2.24, 2.45) is 4.99 Å². The van der Waals surface area contributed by atoms with E-state index >= 15 is 0 Å². The van der Waals surface area contributed by atoms with E-state index < -0.39 is 12.7 Å². The van der Waals surface area contributed by atoms with Crippen LogP contribution in [-0.4, -0.2) is 55.3 Å². The molecule has 2 N–H and O–H groups in total. The third-order valence-corrected chi connectivity index (χ3v) is 3.68. The molecule has 0 bridgehead atoms. The second-order valence-electron chi connectivity index (χ2n) is 5.59. The largest absolute Gasteiger partial charge is 0.401 e.